The van der Waals surface area contributed by atoms with Crippen molar-refractivity contribution in [2.24, 2.45) is 0 Å². The molecule has 7 heteroatoms. The van der Waals surface area contributed by atoms with Crippen LogP contribution in [0.4, 0.5) is 4.79 Å². The van der Waals surface area contributed by atoms with E-state index >= 15 is 0 Å². The standard InChI is InChI=1S/C22H32N2O5/c1-8-10-18(23-21(26)29-22(3,4)5)20(25)24(13-9-2)15-16-11-12-17(27-6)14-19(16)28-7/h8-9,11-12,14,18H,1-2,10,13,15H2,3-7H3,(H,23,26). The molecule has 1 N–H and O–H groups in total. The van der Waals surface area contributed by atoms with Crippen molar-refractivity contribution in [2.45, 2.75) is 45.4 Å². The Morgan fingerprint density at radius 2 is 1.86 bits per heavy atom. The number of nitrogens with one attached hydrogen (secondary N) is 1. The van der Waals surface area contributed by atoms with Crippen LogP contribution in [0.1, 0.15) is 32.8 Å². The van der Waals surface area contributed by atoms with E-state index in [0.29, 0.717) is 18.0 Å². The number of benzene rings is 1. The Hall–Kier alpha value is -2.96. The van der Waals surface area contributed by atoms with Crippen LogP contribution in [0, 0.1) is 0 Å². The van der Waals surface area contributed by atoms with E-state index in [1.54, 1.807) is 64.2 Å². The van der Waals surface area contributed by atoms with Gasteiger partial charge in [-0.3, -0.25) is 4.79 Å². The molecule has 0 heterocycles. The van der Waals surface area contributed by atoms with Gasteiger partial charge in [0.2, 0.25) is 5.91 Å². The number of hydrogen-bond donors (Lipinski definition) is 1. The molecule has 1 unspecified atom stereocenters. The summed E-state index contributed by atoms with van der Waals surface area (Å²) in [6.45, 7) is 13.3. The highest BCUT2D eigenvalue weighted by Gasteiger charge is 2.27. The first-order valence-electron chi connectivity index (χ1n) is 9.36. The molecule has 0 aliphatic carbocycles. The van der Waals surface area contributed by atoms with Gasteiger partial charge in [0.1, 0.15) is 23.1 Å². The van der Waals surface area contributed by atoms with Gasteiger partial charge < -0.3 is 24.4 Å². The molecule has 0 radical (unpaired) electrons. The average molecular weight is 405 g/mol. The van der Waals surface area contributed by atoms with E-state index in [1.807, 2.05) is 6.07 Å². The fourth-order valence-electron chi connectivity index (χ4n) is 2.63. The van der Waals surface area contributed by atoms with E-state index in [4.69, 9.17) is 14.2 Å². The third-order valence-electron chi connectivity index (χ3n) is 3.91. The van der Waals surface area contributed by atoms with Crippen LogP contribution in [0.3, 0.4) is 0 Å². The molecule has 0 aliphatic rings. The van der Waals surface area contributed by atoms with Crippen LogP contribution in [-0.2, 0) is 16.1 Å². The molecule has 29 heavy (non-hydrogen) atoms. The predicted octanol–water partition coefficient (Wildman–Crippen LogP) is 3.69. The summed E-state index contributed by atoms with van der Waals surface area (Å²) >= 11 is 0. The maximum Gasteiger partial charge on any atom is 0.408 e. The maximum atomic E-state index is 13.1. The minimum absolute atomic E-state index is 0.269. The maximum absolute atomic E-state index is 13.1. The van der Waals surface area contributed by atoms with E-state index in [2.05, 4.69) is 18.5 Å². The Bertz CT molecular complexity index is 724. The summed E-state index contributed by atoms with van der Waals surface area (Å²) in [6.07, 6.45) is 2.83. The minimum Gasteiger partial charge on any atom is -0.497 e. The Kier molecular flexibility index (Phi) is 9.25. The van der Waals surface area contributed by atoms with Crippen LogP contribution >= 0.6 is 0 Å². The second-order valence-corrected chi connectivity index (χ2v) is 7.41. The van der Waals surface area contributed by atoms with Crippen LogP contribution in [0.25, 0.3) is 0 Å². The number of rotatable bonds is 10. The van der Waals surface area contributed by atoms with Gasteiger partial charge in [0.05, 0.1) is 14.2 Å². The smallest absolute Gasteiger partial charge is 0.408 e. The molecule has 7 nitrogen and oxygen atoms in total. The largest absolute Gasteiger partial charge is 0.497 e. The summed E-state index contributed by atoms with van der Waals surface area (Å²) in [7, 11) is 3.13. The molecule has 0 spiro atoms. The number of carbonyl (C=O) groups excluding carboxylic acids is 2. The van der Waals surface area contributed by atoms with Gasteiger partial charge >= 0.3 is 6.09 Å². The Morgan fingerprint density at radius 1 is 1.17 bits per heavy atom. The number of methoxy groups -OCH3 is 2. The SMILES string of the molecule is C=CCC(NC(=O)OC(C)(C)C)C(=O)N(CC=C)Cc1ccc(OC)cc1OC. The molecule has 0 aliphatic heterocycles. The summed E-state index contributed by atoms with van der Waals surface area (Å²) in [5, 5.41) is 2.64. The minimum atomic E-state index is -0.799. The molecular formula is C22H32N2O5. The molecule has 1 aromatic rings. The number of amides is 2. The summed E-state index contributed by atoms with van der Waals surface area (Å²) in [4.78, 5) is 26.9. The number of hydrogen-bond acceptors (Lipinski definition) is 5. The molecule has 1 aromatic carbocycles. The Morgan fingerprint density at radius 3 is 2.38 bits per heavy atom. The molecule has 1 rings (SSSR count). The number of carbonyl (C=O) groups is 2. The molecule has 2 amide bonds. The highest BCUT2D eigenvalue weighted by atomic mass is 16.6. The fraction of sp³-hybridized carbons (Fsp3) is 0.455. The molecule has 0 aromatic heterocycles. The summed E-state index contributed by atoms with van der Waals surface area (Å²) < 4.78 is 15.9. The summed E-state index contributed by atoms with van der Waals surface area (Å²) in [5.74, 6) is 0.989. The lowest BCUT2D eigenvalue weighted by atomic mass is 10.1. The van der Waals surface area contributed by atoms with Crippen molar-refractivity contribution in [1.82, 2.24) is 10.2 Å². The van der Waals surface area contributed by atoms with Crippen LogP contribution < -0.4 is 14.8 Å². The van der Waals surface area contributed by atoms with Crippen LogP contribution in [0.5, 0.6) is 11.5 Å². The summed E-state index contributed by atoms with van der Waals surface area (Å²) in [5.41, 5.74) is 0.140. The van der Waals surface area contributed by atoms with E-state index in [1.165, 1.54) is 0 Å². The third-order valence-corrected chi connectivity index (χ3v) is 3.91. The van der Waals surface area contributed by atoms with Crippen molar-refractivity contribution in [2.75, 3.05) is 20.8 Å². The first kappa shape index (κ1) is 24.1. The van der Waals surface area contributed by atoms with Gasteiger partial charge in [-0.1, -0.05) is 12.2 Å². The Balaban J connectivity index is 3.04. The topological polar surface area (TPSA) is 77.1 Å². The average Bonchev–Trinajstić information content (AvgIpc) is 2.65. The zero-order valence-electron chi connectivity index (χ0n) is 18.0. The number of alkyl carbamates (subject to hydrolysis) is 1. The highest BCUT2D eigenvalue weighted by Crippen LogP contribution is 2.26. The first-order chi connectivity index (χ1) is 13.6. The first-order valence-corrected chi connectivity index (χ1v) is 9.36. The Labute approximate surface area is 173 Å². The van der Waals surface area contributed by atoms with Crippen molar-refractivity contribution >= 4 is 12.0 Å². The van der Waals surface area contributed by atoms with Gasteiger partial charge in [-0.25, -0.2) is 4.79 Å². The number of ether oxygens (including phenoxy) is 3. The van der Waals surface area contributed by atoms with E-state index < -0.39 is 17.7 Å². The van der Waals surface area contributed by atoms with Crippen molar-refractivity contribution < 1.29 is 23.8 Å². The lowest BCUT2D eigenvalue weighted by Crippen LogP contribution is -2.49. The molecular weight excluding hydrogens is 372 g/mol. The van der Waals surface area contributed by atoms with Crippen molar-refractivity contribution in [3.63, 3.8) is 0 Å². The van der Waals surface area contributed by atoms with Crippen molar-refractivity contribution in [3.8, 4) is 11.5 Å². The quantitative estimate of drug-likeness (QED) is 0.602. The van der Waals surface area contributed by atoms with Gasteiger partial charge in [0, 0.05) is 24.7 Å². The lowest BCUT2D eigenvalue weighted by molar-refractivity contribution is -0.133. The van der Waals surface area contributed by atoms with Crippen LogP contribution in [0.15, 0.2) is 43.5 Å². The van der Waals surface area contributed by atoms with Crippen molar-refractivity contribution in [1.29, 1.82) is 0 Å². The van der Waals surface area contributed by atoms with E-state index in [-0.39, 0.29) is 18.9 Å². The second-order valence-electron chi connectivity index (χ2n) is 7.41. The fourth-order valence-corrected chi connectivity index (χ4v) is 2.63. The van der Waals surface area contributed by atoms with Gasteiger partial charge in [0.15, 0.2) is 0 Å². The van der Waals surface area contributed by atoms with E-state index in [0.717, 1.165) is 5.56 Å². The molecule has 0 saturated carbocycles. The molecule has 0 fully saturated rings. The lowest BCUT2D eigenvalue weighted by Gasteiger charge is -2.28. The van der Waals surface area contributed by atoms with E-state index in [9.17, 15) is 9.59 Å². The normalized spacial score (nSPS) is 11.8. The molecule has 0 saturated heterocycles. The van der Waals surface area contributed by atoms with Crippen molar-refractivity contribution in [3.05, 3.63) is 49.1 Å². The van der Waals surface area contributed by atoms with Gasteiger partial charge in [-0.15, -0.1) is 13.2 Å². The zero-order valence-corrected chi connectivity index (χ0v) is 18.0. The summed E-state index contributed by atoms with van der Waals surface area (Å²) in [6, 6.07) is 4.59. The van der Waals surface area contributed by atoms with Gasteiger partial charge in [-0.05, 0) is 39.3 Å². The van der Waals surface area contributed by atoms with Crippen LogP contribution in [0.2, 0.25) is 0 Å². The third kappa shape index (κ3) is 7.89. The second kappa shape index (κ2) is 11.1. The molecule has 1 atom stereocenters. The van der Waals surface area contributed by atoms with Gasteiger partial charge in [-0.2, -0.15) is 0 Å². The number of nitrogens with zero attached hydrogens (tertiary/aromatic N) is 1. The predicted molar refractivity (Wildman–Crippen MR) is 113 cm³/mol. The zero-order chi connectivity index (χ0) is 22.0. The molecule has 160 valence electrons. The van der Waals surface area contributed by atoms with Gasteiger partial charge in [0.25, 0.3) is 0 Å². The molecule has 0 bridgehead atoms. The van der Waals surface area contributed by atoms with Crippen LogP contribution in [-0.4, -0.2) is 49.3 Å². The highest BCUT2D eigenvalue weighted by molar-refractivity contribution is 5.86. The monoisotopic (exact) mass is 404 g/mol.